The Hall–Kier alpha value is -0.120. The monoisotopic (exact) mass is 240 g/mol. The lowest BCUT2D eigenvalue weighted by Gasteiger charge is -2.23. The number of likely N-dealkylation sites (tertiary alicyclic amines) is 1. The molecule has 1 aliphatic heterocycles. The van der Waals surface area contributed by atoms with Gasteiger partial charge in [-0.05, 0) is 44.7 Å². The summed E-state index contributed by atoms with van der Waals surface area (Å²) in [6, 6.07) is 0.604. The zero-order valence-electron chi connectivity index (χ0n) is 11.3. The van der Waals surface area contributed by atoms with Crippen LogP contribution in [0.1, 0.15) is 38.5 Å². The summed E-state index contributed by atoms with van der Waals surface area (Å²) in [6.45, 7) is 5.84. The molecule has 0 aromatic carbocycles. The Morgan fingerprint density at radius 3 is 2.47 bits per heavy atom. The van der Waals surface area contributed by atoms with E-state index in [-0.39, 0.29) is 0 Å². The number of nitrogens with one attached hydrogen (secondary N) is 1. The molecule has 1 saturated carbocycles. The third-order valence-electron chi connectivity index (χ3n) is 4.07. The second-order valence-electron chi connectivity index (χ2n) is 5.61. The largest absolute Gasteiger partial charge is 0.383 e. The summed E-state index contributed by atoms with van der Waals surface area (Å²) in [7, 11) is 1.81. The number of ether oxygens (including phenoxy) is 1. The molecule has 3 nitrogen and oxygen atoms in total. The Bertz CT molecular complexity index is 198. The Morgan fingerprint density at radius 1 is 1.18 bits per heavy atom. The molecular weight excluding hydrogens is 212 g/mol. The molecule has 0 spiro atoms. The van der Waals surface area contributed by atoms with Gasteiger partial charge in [0.15, 0.2) is 0 Å². The van der Waals surface area contributed by atoms with Gasteiger partial charge in [0.2, 0.25) is 0 Å². The first-order valence-corrected chi connectivity index (χ1v) is 7.35. The van der Waals surface area contributed by atoms with Crippen molar-refractivity contribution in [2.75, 3.05) is 39.9 Å². The standard InChI is InChI=1S/C14H28N2O/c1-17-12-14(13-6-7-13)15-8-11-16-9-4-2-3-5-10-16/h13-15H,2-12H2,1H3. The molecule has 0 bridgehead atoms. The lowest BCUT2D eigenvalue weighted by Crippen LogP contribution is -2.40. The predicted molar refractivity (Wildman–Crippen MR) is 71.3 cm³/mol. The smallest absolute Gasteiger partial charge is 0.0618 e. The van der Waals surface area contributed by atoms with Crippen molar-refractivity contribution in [2.45, 2.75) is 44.6 Å². The maximum absolute atomic E-state index is 5.29. The molecule has 0 aromatic rings. The highest BCUT2D eigenvalue weighted by atomic mass is 16.5. The van der Waals surface area contributed by atoms with E-state index in [9.17, 15) is 0 Å². The number of hydrogen-bond acceptors (Lipinski definition) is 3. The van der Waals surface area contributed by atoms with Crippen LogP contribution in [0.15, 0.2) is 0 Å². The van der Waals surface area contributed by atoms with Crippen LogP contribution >= 0.6 is 0 Å². The van der Waals surface area contributed by atoms with Crippen molar-refractivity contribution >= 4 is 0 Å². The summed E-state index contributed by atoms with van der Waals surface area (Å²) in [5.74, 6) is 0.888. The summed E-state index contributed by atoms with van der Waals surface area (Å²) in [5.41, 5.74) is 0. The van der Waals surface area contributed by atoms with E-state index in [2.05, 4.69) is 10.2 Å². The van der Waals surface area contributed by atoms with Crippen molar-refractivity contribution in [1.82, 2.24) is 10.2 Å². The quantitative estimate of drug-likeness (QED) is 0.735. The molecule has 3 heteroatoms. The fourth-order valence-electron chi connectivity index (χ4n) is 2.81. The van der Waals surface area contributed by atoms with E-state index in [1.807, 2.05) is 7.11 Å². The highest BCUT2D eigenvalue weighted by Crippen LogP contribution is 2.32. The van der Waals surface area contributed by atoms with Gasteiger partial charge in [-0.15, -0.1) is 0 Å². The lowest BCUT2D eigenvalue weighted by atomic mass is 10.2. The summed E-state index contributed by atoms with van der Waals surface area (Å²) in [5, 5.41) is 3.68. The highest BCUT2D eigenvalue weighted by molar-refractivity contribution is 4.86. The van der Waals surface area contributed by atoms with Crippen molar-refractivity contribution < 1.29 is 4.74 Å². The molecular formula is C14H28N2O. The van der Waals surface area contributed by atoms with Crippen LogP contribution < -0.4 is 5.32 Å². The molecule has 1 unspecified atom stereocenters. The first-order valence-electron chi connectivity index (χ1n) is 7.35. The average Bonchev–Trinajstić information content (AvgIpc) is 3.16. The third kappa shape index (κ3) is 4.94. The topological polar surface area (TPSA) is 24.5 Å². The van der Waals surface area contributed by atoms with Crippen LogP contribution in [-0.4, -0.2) is 50.8 Å². The number of methoxy groups -OCH3 is 1. The zero-order chi connectivity index (χ0) is 11.9. The summed E-state index contributed by atoms with van der Waals surface area (Å²) >= 11 is 0. The molecule has 100 valence electrons. The minimum absolute atomic E-state index is 0.604. The molecule has 2 rings (SSSR count). The minimum Gasteiger partial charge on any atom is -0.383 e. The molecule has 1 atom stereocenters. The van der Waals surface area contributed by atoms with Gasteiger partial charge in [0.05, 0.1) is 6.61 Å². The fourth-order valence-corrected chi connectivity index (χ4v) is 2.81. The van der Waals surface area contributed by atoms with E-state index in [4.69, 9.17) is 4.74 Å². The van der Waals surface area contributed by atoms with Crippen molar-refractivity contribution in [3.05, 3.63) is 0 Å². The normalized spacial score (nSPS) is 24.5. The van der Waals surface area contributed by atoms with Gasteiger partial charge in [-0.2, -0.15) is 0 Å². The van der Waals surface area contributed by atoms with E-state index in [0.29, 0.717) is 6.04 Å². The SMILES string of the molecule is COCC(NCCN1CCCCCC1)C1CC1. The molecule has 1 aliphatic carbocycles. The maximum Gasteiger partial charge on any atom is 0.0618 e. The Labute approximate surface area is 106 Å². The van der Waals surface area contributed by atoms with Gasteiger partial charge in [-0.3, -0.25) is 0 Å². The van der Waals surface area contributed by atoms with Crippen LogP contribution in [0.25, 0.3) is 0 Å². The van der Waals surface area contributed by atoms with Crippen molar-refractivity contribution in [2.24, 2.45) is 5.92 Å². The van der Waals surface area contributed by atoms with E-state index >= 15 is 0 Å². The van der Waals surface area contributed by atoms with Gasteiger partial charge in [-0.1, -0.05) is 12.8 Å². The minimum atomic E-state index is 0.604. The fraction of sp³-hybridized carbons (Fsp3) is 1.00. The van der Waals surface area contributed by atoms with Gasteiger partial charge in [0.25, 0.3) is 0 Å². The van der Waals surface area contributed by atoms with E-state index < -0.39 is 0 Å². The van der Waals surface area contributed by atoms with Crippen molar-refractivity contribution in [3.63, 3.8) is 0 Å². The molecule has 2 aliphatic rings. The molecule has 0 radical (unpaired) electrons. The van der Waals surface area contributed by atoms with Crippen LogP contribution in [0.5, 0.6) is 0 Å². The van der Waals surface area contributed by atoms with E-state index in [1.54, 1.807) is 0 Å². The second kappa shape index (κ2) is 7.34. The Balaban J connectivity index is 1.59. The highest BCUT2D eigenvalue weighted by Gasteiger charge is 2.30. The van der Waals surface area contributed by atoms with Gasteiger partial charge in [0.1, 0.15) is 0 Å². The van der Waals surface area contributed by atoms with Gasteiger partial charge >= 0.3 is 0 Å². The summed E-state index contributed by atoms with van der Waals surface area (Å²) in [6.07, 6.45) is 8.43. The molecule has 17 heavy (non-hydrogen) atoms. The molecule has 2 fully saturated rings. The van der Waals surface area contributed by atoms with Crippen LogP contribution in [0.2, 0.25) is 0 Å². The van der Waals surface area contributed by atoms with E-state index in [0.717, 1.165) is 19.1 Å². The molecule has 1 saturated heterocycles. The Kier molecular flexibility index (Phi) is 5.75. The zero-order valence-corrected chi connectivity index (χ0v) is 11.3. The van der Waals surface area contributed by atoms with Crippen LogP contribution in [-0.2, 0) is 4.74 Å². The van der Waals surface area contributed by atoms with Crippen LogP contribution in [0, 0.1) is 5.92 Å². The molecule has 1 heterocycles. The van der Waals surface area contributed by atoms with Crippen molar-refractivity contribution in [1.29, 1.82) is 0 Å². The summed E-state index contributed by atoms with van der Waals surface area (Å²) < 4.78 is 5.29. The van der Waals surface area contributed by atoms with Crippen molar-refractivity contribution in [3.8, 4) is 0 Å². The molecule has 1 N–H and O–H groups in total. The first kappa shape index (κ1) is 13.3. The molecule has 0 amide bonds. The van der Waals surface area contributed by atoms with Gasteiger partial charge < -0.3 is 15.0 Å². The second-order valence-corrected chi connectivity index (χ2v) is 5.61. The van der Waals surface area contributed by atoms with E-state index in [1.165, 1.54) is 58.2 Å². The van der Waals surface area contributed by atoms with Crippen LogP contribution in [0.4, 0.5) is 0 Å². The number of hydrogen-bond donors (Lipinski definition) is 1. The average molecular weight is 240 g/mol. The Morgan fingerprint density at radius 2 is 1.88 bits per heavy atom. The predicted octanol–water partition coefficient (Wildman–Crippen LogP) is 1.88. The lowest BCUT2D eigenvalue weighted by molar-refractivity contribution is 0.154. The van der Waals surface area contributed by atoms with Crippen LogP contribution in [0.3, 0.4) is 0 Å². The van der Waals surface area contributed by atoms with Gasteiger partial charge in [0, 0.05) is 26.2 Å². The number of rotatable bonds is 7. The van der Waals surface area contributed by atoms with Gasteiger partial charge in [-0.25, -0.2) is 0 Å². The summed E-state index contributed by atoms with van der Waals surface area (Å²) in [4.78, 5) is 2.62. The molecule has 0 aromatic heterocycles. The number of nitrogens with zero attached hydrogens (tertiary/aromatic N) is 1. The first-order chi connectivity index (χ1) is 8.40. The maximum atomic E-state index is 5.29. The third-order valence-corrected chi connectivity index (χ3v) is 4.07.